The monoisotopic (exact) mass is 269 g/mol. The summed E-state index contributed by atoms with van der Waals surface area (Å²) in [5, 5.41) is 3.45. The summed E-state index contributed by atoms with van der Waals surface area (Å²) in [4.78, 5) is 4.52. The molecular weight excluding hydrogens is 246 g/mol. The molecule has 0 aliphatic heterocycles. The number of benzene rings is 1. The van der Waals surface area contributed by atoms with E-state index in [0.29, 0.717) is 0 Å². The molecule has 3 N–H and O–H groups in total. The number of nitrogen functional groups attached to an aromatic ring is 1. The fraction of sp³-hybridized carbons (Fsp3) is 0.353. The number of rotatable bonds is 6. The van der Waals surface area contributed by atoms with E-state index in [0.717, 1.165) is 43.0 Å². The van der Waals surface area contributed by atoms with Crippen LogP contribution < -0.4 is 11.1 Å². The van der Waals surface area contributed by atoms with Gasteiger partial charge in [0.2, 0.25) is 0 Å². The number of aryl methyl sites for hydroxylation is 3. The van der Waals surface area contributed by atoms with Gasteiger partial charge in [0.15, 0.2) is 0 Å². The lowest BCUT2D eigenvalue weighted by molar-refractivity contribution is 0.639. The van der Waals surface area contributed by atoms with Crippen molar-refractivity contribution in [2.75, 3.05) is 12.3 Å². The van der Waals surface area contributed by atoms with Crippen LogP contribution in [-0.2, 0) is 13.0 Å². The maximum Gasteiger partial charge on any atom is 0.0547 e. The molecule has 0 unspecified atom stereocenters. The molecule has 2 rings (SSSR count). The van der Waals surface area contributed by atoms with Crippen LogP contribution >= 0.6 is 0 Å². The van der Waals surface area contributed by atoms with Crippen molar-refractivity contribution in [1.29, 1.82) is 0 Å². The van der Waals surface area contributed by atoms with E-state index in [1.165, 1.54) is 11.1 Å². The molecule has 0 saturated heterocycles. The number of nitrogens with one attached hydrogen (secondary N) is 1. The molecule has 2 aromatic rings. The second-order valence-corrected chi connectivity index (χ2v) is 5.30. The zero-order chi connectivity index (χ0) is 14.4. The quantitative estimate of drug-likeness (QED) is 0.626. The van der Waals surface area contributed by atoms with Crippen molar-refractivity contribution in [1.82, 2.24) is 10.3 Å². The van der Waals surface area contributed by atoms with Crippen LogP contribution in [0.4, 0.5) is 5.69 Å². The first-order valence-electron chi connectivity index (χ1n) is 7.13. The fourth-order valence-corrected chi connectivity index (χ4v) is 2.33. The molecule has 0 atom stereocenters. The predicted octanol–water partition coefficient (Wildman–Crippen LogP) is 3.00. The fourth-order valence-electron chi connectivity index (χ4n) is 2.33. The van der Waals surface area contributed by atoms with Crippen LogP contribution in [0.5, 0.6) is 0 Å². The highest BCUT2D eigenvalue weighted by Crippen LogP contribution is 2.07. The first-order valence-corrected chi connectivity index (χ1v) is 7.13. The number of anilines is 1. The van der Waals surface area contributed by atoms with Gasteiger partial charge in [0.1, 0.15) is 0 Å². The van der Waals surface area contributed by atoms with E-state index in [1.54, 1.807) is 0 Å². The SMILES string of the molecule is Cc1cc(C)nc(CNCCCc2ccc(N)cc2)c1. The van der Waals surface area contributed by atoms with Gasteiger partial charge in [-0.2, -0.15) is 0 Å². The summed E-state index contributed by atoms with van der Waals surface area (Å²) in [6.07, 6.45) is 2.20. The zero-order valence-electron chi connectivity index (χ0n) is 12.3. The molecule has 0 bridgehead atoms. The number of nitrogens with zero attached hydrogens (tertiary/aromatic N) is 1. The standard InChI is InChI=1S/C17H23N3/c1-13-10-14(2)20-17(11-13)12-19-9-3-4-15-5-7-16(18)8-6-15/h5-8,10-11,19H,3-4,9,12,18H2,1-2H3. The normalized spacial score (nSPS) is 10.7. The van der Waals surface area contributed by atoms with Gasteiger partial charge in [0.05, 0.1) is 5.69 Å². The van der Waals surface area contributed by atoms with Gasteiger partial charge in [0.25, 0.3) is 0 Å². The minimum absolute atomic E-state index is 0.827. The van der Waals surface area contributed by atoms with Crippen LogP contribution in [0, 0.1) is 13.8 Å². The second kappa shape index (κ2) is 7.06. The molecule has 3 heteroatoms. The third-order valence-electron chi connectivity index (χ3n) is 3.26. The van der Waals surface area contributed by atoms with E-state index >= 15 is 0 Å². The van der Waals surface area contributed by atoms with Crippen LogP contribution in [-0.4, -0.2) is 11.5 Å². The minimum atomic E-state index is 0.827. The Hall–Kier alpha value is -1.87. The molecule has 0 aliphatic rings. The molecule has 0 fully saturated rings. The molecule has 3 nitrogen and oxygen atoms in total. The molecule has 1 heterocycles. The van der Waals surface area contributed by atoms with E-state index < -0.39 is 0 Å². The summed E-state index contributed by atoms with van der Waals surface area (Å²) in [7, 11) is 0. The summed E-state index contributed by atoms with van der Waals surface area (Å²) in [5.41, 5.74) is 11.3. The predicted molar refractivity (Wildman–Crippen MR) is 84.6 cm³/mol. The van der Waals surface area contributed by atoms with Gasteiger partial charge in [-0.25, -0.2) is 0 Å². The smallest absolute Gasteiger partial charge is 0.0547 e. The summed E-state index contributed by atoms with van der Waals surface area (Å²) in [5.74, 6) is 0. The number of hydrogen-bond donors (Lipinski definition) is 2. The van der Waals surface area contributed by atoms with Crippen molar-refractivity contribution in [2.24, 2.45) is 0 Å². The molecule has 0 saturated carbocycles. The molecule has 20 heavy (non-hydrogen) atoms. The second-order valence-electron chi connectivity index (χ2n) is 5.30. The van der Waals surface area contributed by atoms with Crippen LogP contribution in [0.2, 0.25) is 0 Å². The van der Waals surface area contributed by atoms with Gasteiger partial charge in [-0.3, -0.25) is 4.98 Å². The van der Waals surface area contributed by atoms with Gasteiger partial charge in [-0.15, -0.1) is 0 Å². The minimum Gasteiger partial charge on any atom is -0.399 e. The molecule has 0 aliphatic carbocycles. The van der Waals surface area contributed by atoms with E-state index in [9.17, 15) is 0 Å². The van der Waals surface area contributed by atoms with Crippen LogP contribution in [0.3, 0.4) is 0 Å². The average Bonchev–Trinajstić information content (AvgIpc) is 2.39. The topological polar surface area (TPSA) is 50.9 Å². The van der Waals surface area contributed by atoms with Crippen molar-refractivity contribution in [2.45, 2.75) is 33.2 Å². The summed E-state index contributed by atoms with van der Waals surface area (Å²) >= 11 is 0. The lowest BCUT2D eigenvalue weighted by Gasteiger charge is -2.07. The van der Waals surface area contributed by atoms with Gasteiger partial charge in [-0.1, -0.05) is 12.1 Å². The Morgan fingerprint density at radius 2 is 1.85 bits per heavy atom. The Morgan fingerprint density at radius 1 is 1.10 bits per heavy atom. The molecular formula is C17H23N3. The molecule has 1 aromatic heterocycles. The average molecular weight is 269 g/mol. The highest BCUT2D eigenvalue weighted by molar-refractivity contribution is 5.39. The maximum absolute atomic E-state index is 5.67. The maximum atomic E-state index is 5.67. The number of nitrogens with two attached hydrogens (primary N) is 1. The summed E-state index contributed by atoms with van der Waals surface area (Å²) in [6, 6.07) is 12.4. The highest BCUT2D eigenvalue weighted by Gasteiger charge is 1.98. The summed E-state index contributed by atoms with van der Waals surface area (Å²) in [6.45, 7) is 5.99. The first kappa shape index (κ1) is 14.5. The van der Waals surface area contributed by atoms with Crippen LogP contribution in [0.1, 0.15) is 28.9 Å². The number of pyridine rings is 1. The lowest BCUT2D eigenvalue weighted by Crippen LogP contribution is -2.16. The Morgan fingerprint density at radius 3 is 2.55 bits per heavy atom. The van der Waals surface area contributed by atoms with Gasteiger partial charge < -0.3 is 11.1 Å². The summed E-state index contributed by atoms with van der Waals surface area (Å²) < 4.78 is 0. The van der Waals surface area contributed by atoms with Gasteiger partial charge in [-0.05, 0) is 68.6 Å². The van der Waals surface area contributed by atoms with E-state index in [2.05, 4.69) is 41.5 Å². The van der Waals surface area contributed by atoms with E-state index in [-0.39, 0.29) is 0 Å². The molecule has 0 spiro atoms. The van der Waals surface area contributed by atoms with Gasteiger partial charge in [0, 0.05) is 17.9 Å². The number of aromatic nitrogens is 1. The van der Waals surface area contributed by atoms with E-state index in [4.69, 9.17) is 5.73 Å². The molecule has 1 aromatic carbocycles. The highest BCUT2D eigenvalue weighted by atomic mass is 14.9. The van der Waals surface area contributed by atoms with Crippen molar-refractivity contribution in [3.05, 3.63) is 58.9 Å². The van der Waals surface area contributed by atoms with Gasteiger partial charge >= 0.3 is 0 Å². The lowest BCUT2D eigenvalue weighted by atomic mass is 10.1. The molecule has 0 radical (unpaired) electrons. The number of hydrogen-bond acceptors (Lipinski definition) is 3. The largest absolute Gasteiger partial charge is 0.399 e. The van der Waals surface area contributed by atoms with Crippen molar-refractivity contribution < 1.29 is 0 Å². The van der Waals surface area contributed by atoms with E-state index in [1.807, 2.05) is 19.1 Å². The Kier molecular flexibility index (Phi) is 5.13. The third-order valence-corrected chi connectivity index (χ3v) is 3.26. The molecule has 0 amide bonds. The van der Waals surface area contributed by atoms with Crippen molar-refractivity contribution in [3.63, 3.8) is 0 Å². The Labute approximate surface area is 121 Å². The Balaban J connectivity index is 1.70. The first-order chi connectivity index (χ1) is 9.63. The Bertz CT molecular complexity index is 526. The van der Waals surface area contributed by atoms with Crippen molar-refractivity contribution in [3.8, 4) is 0 Å². The van der Waals surface area contributed by atoms with Crippen molar-refractivity contribution >= 4 is 5.69 Å². The van der Waals surface area contributed by atoms with Crippen LogP contribution in [0.15, 0.2) is 36.4 Å². The molecule has 106 valence electrons. The van der Waals surface area contributed by atoms with Crippen LogP contribution in [0.25, 0.3) is 0 Å². The zero-order valence-corrected chi connectivity index (χ0v) is 12.3. The third kappa shape index (κ3) is 4.67.